The molecule has 0 heterocycles. The molecule has 3 nitrogen and oxygen atoms in total. The fraction of sp³-hybridized carbons (Fsp3) is 0.500. The lowest BCUT2D eigenvalue weighted by Gasteiger charge is -2.35. The van der Waals surface area contributed by atoms with Crippen LogP contribution in [0.25, 0.3) is 0 Å². The average Bonchev–Trinajstić information content (AvgIpc) is 2.66. The molecule has 0 saturated heterocycles. The van der Waals surface area contributed by atoms with Crippen molar-refractivity contribution in [2.45, 2.75) is 63.7 Å². The number of aryl methyl sites for hydroxylation is 2. The fourth-order valence-corrected chi connectivity index (χ4v) is 6.25. The van der Waals surface area contributed by atoms with Gasteiger partial charge < -0.3 is 14.4 Å². The van der Waals surface area contributed by atoms with Gasteiger partial charge in [-0.15, -0.1) is 0 Å². The third kappa shape index (κ3) is 6.32. The lowest BCUT2D eigenvalue weighted by atomic mass is 10.1. The number of alkyl halides is 1. The maximum absolute atomic E-state index is 5.92. The van der Waals surface area contributed by atoms with E-state index in [1.165, 1.54) is 27.7 Å². The van der Waals surface area contributed by atoms with Gasteiger partial charge in [-0.25, -0.2) is 0 Å². The van der Waals surface area contributed by atoms with Crippen LogP contribution in [-0.4, -0.2) is 24.0 Å². The van der Waals surface area contributed by atoms with E-state index in [2.05, 4.69) is 105 Å². The first-order chi connectivity index (χ1) is 13.8. The van der Waals surface area contributed by atoms with Gasteiger partial charge in [0, 0.05) is 30.1 Å². The molecule has 0 aliphatic heterocycles. The van der Waals surface area contributed by atoms with E-state index in [1.807, 2.05) is 0 Å². The second-order valence-electron chi connectivity index (χ2n) is 7.74. The van der Waals surface area contributed by atoms with Crippen molar-refractivity contribution >= 4 is 42.2 Å². The number of nitrogens with zero attached hydrogens (tertiary/aromatic N) is 1. The second-order valence-corrected chi connectivity index (χ2v) is 11.0. The van der Waals surface area contributed by atoms with Crippen molar-refractivity contribution < 1.29 is 9.47 Å². The van der Waals surface area contributed by atoms with E-state index < -0.39 is 0 Å². The fourth-order valence-electron chi connectivity index (χ4n) is 3.70. The number of hydrogen-bond donors (Lipinski definition) is 0. The van der Waals surface area contributed by atoms with Gasteiger partial charge in [0.15, 0.2) is 6.79 Å². The molecular weight excluding hydrogens is 492 g/mol. The Balaban J connectivity index is 2.48. The Hall–Kier alpha value is -0.840. The predicted octanol–water partition coefficient (Wildman–Crippen LogP) is 6.74. The van der Waals surface area contributed by atoms with E-state index in [0.717, 1.165) is 12.2 Å². The summed E-state index contributed by atoms with van der Waals surface area (Å²) in [5, 5.41) is 1.47. The summed E-state index contributed by atoms with van der Waals surface area (Å²) in [5.74, 6) is 0.940. The summed E-state index contributed by atoms with van der Waals surface area (Å²) < 4.78 is 11.5. The summed E-state index contributed by atoms with van der Waals surface area (Å²) in [6.45, 7) is 13.8. The van der Waals surface area contributed by atoms with Crippen molar-refractivity contribution in [3.8, 4) is 5.75 Å². The van der Waals surface area contributed by atoms with E-state index in [-0.39, 0.29) is 6.79 Å². The van der Waals surface area contributed by atoms with Crippen molar-refractivity contribution in [2.75, 3.05) is 18.8 Å². The van der Waals surface area contributed by atoms with Crippen molar-refractivity contribution in [2.24, 2.45) is 0 Å². The van der Waals surface area contributed by atoms with Crippen molar-refractivity contribution in [1.29, 1.82) is 0 Å². The maximum atomic E-state index is 5.92. The summed E-state index contributed by atoms with van der Waals surface area (Å²) in [4.78, 5) is 2.53. The molecule has 29 heavy (non-hydrogen) atoms. The van der Waals surface area contributed by atoms with Crippen LogP contribution >= 0.6 is 31.2 Å². The van der Waals surface area contributed by atoms with Crippen LogP contribution in [-0.2, 0) is 4.74 Å². The largest absolute Gasteiger partial charge is 0.467 e. The van der Waals surface area contributed by atoms with Gasteiger partial charge in [0.25, 0.3) is 0 Å². The number of hydrogen-bond acceptors (Lipinski definition) is 3. The Morgan fingerprint density at radius 2 is 1.83 bits per heavy atom. The van der Waals surface area contributed by atoms with Crippen molar-refractivity contribution in [3.05, 3.63) is 53.1 Å². The van der Waals surface area contributed by atoms with E-state index in [9.17, 15) is 0 Å². The maximum Gasteiger partial charge on any atom is 0.188 e. The predicted molar refractivity (Wildman–Crippen MR) is 137 cm³/mol. The summed E-state index contributed by atoms with van der Waals surface area (Å²) in [5.41, 5.74) is 5.71. The van der Waals surface area contributed by atoms with Crippen LogP contribution < -0.4 is 14.9 Å². The van der Waals surface area contributed by atoms with Gasteiger partial charge in [-0.2, -0.15) is 0 Å². The molecule has 0 fully saturated rings. The molecule has 2 aromatic carbocycles. The topological polar surface area (TPSA) is 21.7 Å². The number of ether oxygens (including phenoxy) is 2. The van der Waals surface area contributed by atoms with Crippen LogP contribution in [0.5, 0.6) is 5.75 Å². The molecule has 0 bridgehead atoms. The van der Waals surface area contributed by atoms with Crippen LogP contribution in [0.15, 0.2) is 36.4 Å². The third-order valence-electron chi connectivity index (χ3n) is 5.07. The Bertz CT molecular complexity index is 786. The lowest BCUT2D eigenvalue weighted by Crippen LogP contribution is -2.38. The van der Waals surface area contributed by atoms with Crippen LogP contribution in [0.4, 0.5) is 5.69 Å². The lowest BCUT2D eigenvalue weighted by molar-refractivity contribution is 0.0504. The van der Waals surface area contributed by atoms with Crippen LogP contribution in [0.2, 0.25) is 0 Å². The molecule has 0 spiro atoms. The SMILES string of the molecule is CCC(Pc1c(C)cccc1N(C(C)C)C(C)I)c1cc(C)ccc1OCOC. The molecule has 0 amide bonds. The van der Waals surface area contributed by atoms with Crippen LogP contribution in [0.1, 0.15) is 56.5 Å². The second kappa shape index (κ2) is 11.5. The number of methoxy groups -OCH3 is 1. The van der Waals surface area contributed by atoms with E-state index in [0.29, 0.717) is 24.3 Å². The van der Waals surface area contributed by atoms with E-state index in [4.69, 9.17) is 9.47 Å². The zero-order valence-electron chi connectivity index (χ0n) is 18.8. The molecule has 2 aromatic rings. The molecule has 0 radical (unpaired) electrons. The number of halogens is 1. The molecule has 0 N–H and O–H groups in total. The van der Waals surface area contributed by atoms with Gasteiger partial charge in [0.05, 0.1) is 4.05 Å². The zero-order chi connectivity index (χ0) is 21.6. The molecule has 0 saturated carbocycles. The highest BCUT2D eigenvalue weighted by Crippen LogP contribution is 2.44. The van der Waals surface area contributed by atoms with Gasteiger partial charge in [-0.05, 0) is 64.0 Å². The summed E-state index contributed by atoms with van der Waals surface area (Å²) in [7, 11) is 2.35. The van der Waals surface area contributed by atoms with Gasteiger partial charge in [-0.1, -0.05) is 67.9 Å². The first-order valence-electron chi connectivity index (χ1n) is 10.3. The van der Waals surface area contributed by atoms with Crippen molar-refractivity contribution in [1.82, 2.24) is 0 Å². The average molecular weight is 527 g/mol. The van der Waals surface area contributed by atoms with Gasteiger partial charge >= 0.3 is 0 Å². The molecule has 0 aliphatic rings. The van der Waals surface area contributed by atoms with Crippen LogP contribution in [0.3, 0.4) is 0 Å². The molecule has 5 heteroatoms. The van der Waals surface area contributed by atoms with Gasteiger partial charge in [0.1, 0.15) is 5.75 Å². The zero-order valence-corrected chi connectivity index (χ0v) is 21.9. The monoisotopic (exact) mass is 527 g/mol. The number of anilines is 1. The van der Waals surface area contributed by atoms with Crippen LogP contribution in [0, 0.1) is 13.8 Å². The normalized spacial score (nSPS) is 13.8. The Morgan fingerprint density at radius 1 is 1.10 bits per heavy atom. The minimum atomic E-state index is 0.276. The quantitative estimate of drug-likeness (QED) is 0.112. The minimum absolute atomic E-state index is 0.276. The van der Waals surface area contributed by atoms with Gasteiger partial charge in [-0.3, -0.25) is 0 Å². The molecule has 3 atom stereocenters. The smallest absolute Gasteiger partial charge is 0.188 e. The third-order valence-corrected chi connectivity index (χ3v) is 7.68. The van der Waals surface area contributed by atoms with Crippen molar-refractivity contribution in [3.63, 3.8) is 0 Å². The number of benzene rings is 2. The summed E-state index contributed by atoms with van der Waals surface area (Å²) in [6, 6.07) is 13.7. The first kappa shape index (κ1) is 24.4. The first-order valence-corrected chi connectivity index (χ1v) is 12.6. The molecule has 160 valence electrons. The molecule has 2 rings (SSSR count). The Labute approximate surface area is 192 Å². The minimum Gasteiger partial charge on any atom is -0.467 e. The van der Waals surface area contributed by atoms with E-state index in [1.54, 1.807) is 7.11 Å². The summed E-state index contributed by atoms with van der Waals surface area (Å²) in [6.07, 6.45) is 1.07. The molecule has 0 aliphatic carbocycles. The molecule has 0 aromatic heterocycles. The molecular formula is C24H35INO2P. The van der Waals surface area contributed by atoms with Gasteiger partial charge in [0.2, 0.25) is 0 Å². The van der Waals surface area contributed by atoms with E-state index >= 15 is 0 Å². The number of rotatable bonds is 10. The Morgan fingerprint density at radius 3 is 2.41 bits per heavy atom. The highest BCUT2D eigenvalue weighted by Gasteiger charge is 2.23. The standard InChI is InChI=1S/C24H35INO2P/c1-8-23(20-14-17(4)12-13-22(20)28-15-27-7)29-24-18(5)10-9-11-21(24)26(16(2)3)19(6)25/h9-14,16,19,23,29H,8,15H2,1-7H3. The molecule has 3 unspecified atom stereocenters. The highest BCUT2D eigenvalue weighted by molar-refractivity contribution is 14.1. The highest BCUT2D eigenvalue weighted by atomic mass is 127. The summed E-state index contributed by atoms with van der Waals surface area (Å²) >= 11 is 2.53. The Kier molecular flexibility index (Phi) is 9.71.